The van der Waals surface area contributed by atoms with Crippen LogP contribution in [0.25, 0.3) is 0 Å². The van der Waals surface area contributed by atoms with Crippen LogP contribution in [0.15, 0.2) is 48.7 Å². The van der Waals surface area contributed by atoms with E-state index >= 15 is 0 Å². The number of likely N-dealkylation sites (tertiary alicyclic amines) is 1. The number of benzene rings is 2. The Morgan fingerprint density at radius 2 is 1.65 bits per heavy atom. The Labute approximate surface area is 290 Å². The van der Waals surface area contributed by atoms with E-state index in [1.807, 2.05) is 66.7 Å². The van der Waals surface area contributed by atoms with Gasteiger partial charge in [0.2, 0.25) is 10.0 Å². The first kappa shape index (κ1) is 37.5. The minimum atomic E-state index is -3.62. The standard InChI is InChI=1S/C37H50N4O7S/c1-10-46-33-30(21-27(36(3,4)5)22-31(33)40-49(9,44)45)39-34(42)26-12-11-24(2)32(20-26)47-29-13-16-38-28(23-29)19-25-14-17-41(18-15-25)35(43)48-37(6,7)8/h11-13,16,20-23,25,40H,10,14-15,17-19H2,1-9H3,(H,39,42). The van der Waals surface area contributed by atoms with E-state index in [4.69, 9.17) is 14.2 Å². The number of nitrogens with zero attached hydrogens (tertiary/aromatic N) is 2. The van der Waals surface area contributed by atoms with Gasteiger partial charge in [-0.3, -0.25) is 14.5 Å². The Bertz CT molecular complexity index is 1770. The molecule has 0 saturated carbocycles. The van der Waals surface area contributed by atoms with E-state index in [0.717, 1.165) is 42.3 Å². The van der Waals surface area contributed by atoms with E-state index < -0.39 is 21.5 Å². The molecule has 0 unspecified atom stereocenters. The number of hydrogen-bond donors (Lipinski definition) is 2. The first-order chi connectivity index (χ1) is 22.8. The van der Waals surface area contributed by atoms with Crippen molar-refractivity contribution in [1.29, 1.82) is 0 Å². The zero-order valence-electron chi connectivity index (χ0n) is 30.1. The molecule has 11 nitrogen and oxygen atoms in total. The zero-order valence-corrected chi connectivity index (χ0v) is 30.9. The lowest BCUT2D eigenvalue weighted by Gasteiger charge is -2.33. The summed E-state index contributed by atoms with van der Waals surface area (Å²) < 4.78 is 44.6. The number of carbonyl (C=O) groups excluding carboxylic acids is 2. The van der Waals surface area contributed by atoms with Crippen molar-refractivity contribution in [3.05, 3.63) is 71.0 Å². The third-order valence-electron chi connectivity index (χ3n) is 8.02. The van der Waals surface area contributed by atoms with E-state index in [1.54, 1.807) is 42.3 Å². The van der Waals surface area contributed by atoms with Crippen LogP contribution in [-0.2, 0) is 26.6 Å². The van der Waals surface area contributed by atoms with Crippen molar-refractivity contribution in [2.24, 2.45) is 5.92 Å². The molecule has 0 spiro atoms. The van der Waals surface area contributed by atoms with Crippen molar-refractivity contribution in [3.8, 4) is 17.2 Å². The molecule has 1 aliphatic heterocycles. The summed E-state index contributed by atoms with van der Waals surface area (Å²) in [6.45, 7) is 16.9. The van der Waals surface area contributed by atoms with Crippen molar-refractivity contribution in [3.63, 3.8) is 0 Å². The number of sulfonamides is 1. The summed E-state index contributed by atoms with van der Waals surface area (Å²) in [4.78, 5) is 32.4. The molecule has 1 saturated heterocycles. The van der Waals surface area contributed by atoms with Crippen LogP contribution in [0.2, 0.25) is 0 Å². The molecular formula is C37H50N4O7S. The maximum atomic E-state index is 13.6. The smallest absolute Gasteiger partial charge is 0.410 e. The summed E-state index contributed by atoms with van der Waals surface area (Å²) in [5, 5.41) is 2.94. The predicted molar refractivity (Wildman–Crippen MR) is 192 cm³/mol. The fourth-order valence-electron chi connectivity index (χ4n) is 5.48. The van der Waals surface area contributed by atoms with E-state index in [9.17, 15) is 18.0 Å². The number of rotatable bonds is 10. The third kappa shape index (κ3) is 10.8. The molecule has 49 heavy (non-hydrogen) atoms. The lowest BCUT2D eigenvalue weighted by molar-refractivity contribution is 0.0184. The van der Waals surface area contributed by atoms with Gasteiger partial charge in [0.05, 0.1) is 24.2 Å². The molecule has 0 bridgehead atoms. The van der Waals surface area contributed by atoms with Gasteiger partial charge in [0.15, 0.2) is 5.75 Å². The second-order valence-electron chi connectivity index (χ2n) is 14.6. The van der Waals surface area contributed by atoms with Crippen LogP contribution in [0, 0.1) is 12.8 Å². The Morgan fingerprint density at radius 3 is 2.27 bits per heavy atom. The molecule has 2 heterocycles. The molecular weight excluding hydrogens is 644 g/mol. The number of nitrogens with one attached hydrogen (secondary N) is 2. The third-order valence-corrected chi connectivity index (χ3v) is 8.61. The van der Waals surface area contributed by atoms with Gasteiger partial charge >= 0.3 is 6.09 Å². The lowest BCUT2D eigenvalue weighted by atomic mass is 9.86. The van der Waals surface area contributed by atoms with E-state index in [2.05, 4.69) is 15.0 Å². The molecule has 266 valence electrons. The number of anilines is 2. The number of ether oxygens (including phenoxy) is 3. The van der Waals surface area contributed by atoms with Crippen molar-refractivity contribution in [1.82, 2.24) is 9.88 Å². The SMILES string of the molecule is CCOc1c(NC(=O)c2ccc(C)c(Oc3ccnc(CC4CCN(C(=O)OC(C)(C)C)CC4)c3)c2)cc(C(C)(C)C)cc1NS(C)(=O)=O. The molecule has 2 N–H and O–H groups in total. The highest BCUT2D eigenvalue weighted by atomic mass is 32.2. The van der Waals surface area contributed by atoms with Gasteiger partial charge in [0, 0.05) is 36.6 Å². The van der Waals surface area contributed by atoms with Gasteiger partial charge in [-0.2, -0.15) is 0 Å². The second kappa shape index (κ2) is 15.1. The molecule has 3 aromatic rings. The highest BCUT2D eigenvalue weighted by molar-refractivity contribution is 7.92. The molecule has 0 atom stereocenters. The van der Waals surface area contributed by atoms with Crippen molar-refractivity contribution >= 4 is 33.4 Å². The average molecular weight is 695 g/mol. The van der Waals surface area contributed by atoms with Crippen molar-refractivity contribution in [2.75, 3.05) is 36.0 Å². The number of aromatic nitrogens is 1. The average Bonchev–Trinajstić information content (AvgIpc) is 2.98. The summed E-state index contributed by atoms with van der Waals surface area (Å²) in [6, 6.07) is 12.4. The van der Waals surface area contributed by atoms with Gasteiger partial charge in [0.1, 0.15) is 17.1 Å². The van der Waals surface area contributed by atoms with Crippen LogP contribution in [0.5, 0.6) is 17.2 Å². The lowest BCUT2D eigenvalue weighted by Crippen LogP contribution is -2.42. The number of hydrogen-bond acceptors (Lipinski definition) is 8. The van der Waals surface area contributed by atoms with Gasteiger partial charge in [-0.25, -0.2) is 13.2 Å². The van der Waals surface area contributed by atoms with E-state index in [-0.39, 0.29) is 29.6 Å². The van der Waals surface area contributed by atoms with Crippen LogP contribution in [-0.4, -0.2) is 61.9 Å². The largest absolute Gasteiger partial charge is 0.489 e. The van der Waals surface area contributed by atoms with Crippen LogP contribution in [0.3, 0.4) is 0 Å². The van der Waals surface area contributed by atoms with Crippen molar-refractivity contribution < 1.29 is 32.2 Å². The van der Waals surface area contributed by atoms with Crippen LogP contribution in [0.1, 0.15) is 88.5 Å². The molecule has 1 fully saturated rings. The molecule has 12 heteroatoms. The topological polar surface area (TPSA) is 136 Å². The summed E-state index contributed by atoms with van der Waals surface area (Å²) in [7, 11) is -3.62. The van der Waals surface area contributed by atoms with Gasteiger partial charge in [-0.05, 0) is 107 Å². The zero-order chi connectivity index (χ0) is 36.1. The van der Waals surface area contributed by atoms with Crippen LogP contribution >= 0.6 is 0 Å². The van der Waals surface area contributed by atoms with Gasteiger partial charge in [-0.15, -0.1) is 0 Å². The summed E-state index contributed by atoms with van der Waals surface area (Å²) >= 11 is 0. The first-order valence-corrected chi connectivity index (χ1v) is 18.5. The van der Waals surface area contributed by atoms with Gasteiger partial charge in [-0.1, -0.05) is 26.8 Å². The van der Waals surface area contributed by atoms with E-state index in [1.165, 1.54) is 0 Å². The minimum Gasteiger partial charge on any atom is -0.489 e. The molecule has 4 rings (SSSR count). The molecule has 1 aliphatic rings. The predicted octanol–water partition coefficient (Wildman–Crippen LogP) is 7.69. The van der Waals surface area contributed by atoms with Crippen LogP contribution < -0.4 is 19.5 Å². The monoisotopic (exact) mass is 694 g/mol. The molecule has 2 aromatic carbocycles. The van der Waals surface area contributed by atoms with E-state index in [0.29, 0.717) is 41.8 Å². The Balaban J connectivity index is 1.49. The Kier molecular flexibility index (Phi) is 11.5. The first-order valence-electron chi connectivity index (χ1n) is 16.6. The number of amides is 2. The maximum Gasteiger partial charge on any atom is 0.410 e. The fraction of sp³-hybridized carbons (Fsp3) is 0.486. The summed E-state index contributed by atoms with van der Waals surface area (Å²) in [5.41, 5.74) is 2.64. The summed E-state index contributed by atoms with van der Waals surface area (Å²) in [5.74, 6) is 1.32. The fourth-order valence-corrected chi connectivity index (χ4v) is 6.03. The number of carbonyl (C=O) groups is 2. The Morgan fingerprint density at radius 1 is 0.980 bits per heavy atom. The molecule has 1 aromatic heterocycles. The number of aryl methyl sites for hydroxylation is 1. The van der Waals surface area contributed by atoms with Gasteiger partial charge < -0.3 is 24.4 Å². The number of pyridine rings is 1. The summed E-state index contributed by atoms with van der Waals surface area (Å²) in [6.07, 6.45) is 4.99. The molecule has 0 radical (unpaired) electrons. The Hall–Kier alpha value is -4.32. The maximum absolute atomic E-state index is 13.6. The highest BCUT2D eigenvalue weighted by Crippen LogP contribution is 2.40. The molecule has 0 aliphatic carbocycles. The van der Waals surface area contributed by atoms with Crippen LogP contribution in [0.4, 0.5) is 16.2 Å². The highest BCUT2D eigenvalue weighted by Gasteiger charge is 2.27. The second-order valence-corrected chi connectivity index (χ2v) is 16.3. The number of piperidine rings is 1. The van der Waals surface area contributed by atoms with Gasteiger partial charge in [0.25, 0.3) is 5.91 Å². The minimum absolute atomic E-state index is 0.234. The normalized spacial score (nSPS) is 14.3. The quantitative estimate of drug-likeness (QED) is 0.221. The van der Waals surface area contributed by atoms with Crippen molar-refractivity contribution in [2.45, 2.75) is 85.7 Å². The molecule has 2 amide bonds.